The van der Waals surface area contributed by atoms with Crippen molar-refractivity contribution in [3.63, 3.8) is 0 Å². The fraction of sp³-hybridized carbons (Fsp3) is 0. The molecule has 0 radical (unpaired) electrons. The van der Waals surface area contributed by atoms with Gasteiger partial charge in [0.2, 0.25) is 0 Å². The number of anilines is 1. The number of nitrogens with two attached hydrogens (primary N) is 1. The van der Waals surface area contributed by atoms with Crippen molar-refractivity contribution in [1.29, 1.82) is 0 Å². The number of para-hydroxylation sites is 1. The van der Waals surface area contributed by atoms with Gasteiger partial charge in [-0.15, -0.1) is 0 Å². The number of ether oxygens (including phenoxy) is 1. The Morgan fingerprint density at radius 1 is 1.15 bits per heavy atom. The minimum Gasteiger partial charge on any atom is -0.453 e. The average molecular weight is 350 g/mol. The molecule has 0 spiro atoms. The van der Waals surface area contributed by atoms with Crippen molar-refractivity contribution in [2.45, 2.75) is 0 Å². The lowest BCUT2D eigenvalue weighted by atomic mass is 10.2. The van der Waals surface area contributed by atoms with Crippen molar-refractivity contribution < 1.29 is 4.74 Å². The van der Waals surface area contributed by atoms with Gasteiger partial charge in [0.25, 0.3) is 0 Å². The minimum atomic E-state index is 0.468. The van der Waals surface area contributed by atoms with E-state index in [1.54, 1.807) is 18.3 Å². The van der Waals surface area contributed by atoms with Crippen LogP contribution in [-0.4, -0.2) is 4.98 Å². The van der Waals surface area contributed by atoms with E-state index in [2.05, 4.69) is 20.9 Å². The first-order chi connectivity index (χ1) is 9.65. The van der Waals surface area contributed by atoms with E-state index in [-0.39, 0.29) is 0 Å². The number of fused-ring (bicyclic) bond motifs is 1. The normalized spacial score (nSPS) is 10.7. The fourth-order valence-electron chi connectivity index (χ4n) is 1.91. The van der Waals surface area contributed by atoms with Crippen molar-refractivity contribution >= 4 is 44.1 Å². The summed E-state index contributed by atoms with van der Waals surface area (Å²) in [5.74, 6) is 1.12. The molecule has 0 fully saturated rings. The van der Waals surface area contributed by atoms with Crippen LogP contribution >= 0.6 is 27.5 Å². The predicted molar refractivity (Wildman–Crippen MR) is 85.4 cm³/mol. The van der Waals surface area contributed by atoms with E-state index < -0.39 is 0 Å². The molecule has 20 heavy (non-hydrogen) atoms. The van der Waals surface area contributed by atoms with Gasteiger partial charge in [-0.25, -0.2) is 0 Å². The third kappa shape index (κ3) is 2.44. The molecule has 0 bridgehead atoms. The van der Waals surface area contributed by atoms with Gasteiger partial charge >= 0.3 is 0 Å². The lowest BCUT2D eigenvalue weighted by Gasteiger charge is -2.12. The third-order valence-electron chi connectivity index (χ3n) is 2.86. The van der Waals surface area contributed by atoms with Crippen molar-refractivity contribution in [1.82, 2.24) is 4.98 Å². The van der Waals surface area contributed by atoms with Gasteiger partial charge in [-0.3, -0.25) is 4.98 Å². The topological polar surface area (TPSA) is 48.1 Å². The molecule has 0 aliphatic rings. The number of aromatic nitrogens is 1. The molecular weight excluding hydrogens is 340 g/mol. The van der Waals surface area contributed by atoms with Gasteiger partial charge in [-0.1, -0.05) is 39.7 Å². The van der Waals surface area contributed by atoms with Crippen LogP contribution in [0.25, 0.3) is 10.9 Å². The van der Waals surface area contributed by atoms with Gasteiger partial charge in [-0.2, -0.15) is 0 Å². The van der Waals surface area contributed by atoms with Crippen molar-refractivity contribution in [2.75, 3.05) is 5.73 Å². The van der Waals surface area contributed by atoms with Crippen LogP contribution in [-0.2, 0) is 0 Å². The summed E-state index contributed by atoms with van der Waals surface area (Å²) >= 11 is 9.56. The molecule has 3 aromatic rings. The van der Waals surface area contributed by atoms with Gasteiger partial charge in [-0.05, 0) is 30.3 Å². The second kappa shape index (κ2) is 5.31. The molecule has 0 saturated carbocycles. The van der Waals surface area contributed by atoms with Crippen LogP contribution in [0, 0.1) is 0 Å². The predicted octanol–water partition coefficient (Wildman–Crippen LogP) is 5.03. The Balaban J connectivity index is 2.17. The summed E-state index contributed by atoms with van der Waals surface area (Å²) in [7, 11) is 0. The van der Waals surface area contributed by atoms with E-state index in [0.717, 1.165) is 15.4 Å². The molecule has 3 nitrogen and oxygen atoms in total. The highest BCUT2D eigenvalue weighted by atomic mass is 79.9. The van der Waals surface area contributed by atoms with E-state index in [4.69, 9.17) is 22.1 Å². The summed E-state index contributed by atoms with van der Waals surface area (Å²) in [6.45, 7) is 0. The highest BCUT2D eigenvalue weighted by molar-refractivity contribution is 9.10. The van der Waals surface area contributed by atoms with Crippen molar-refractivity contribution in [2.24, 2.45) is 0 Å². The Bertz CT molecular complexity index is 787. The van der Waals surface area contributed by atoms with Crippen LogP contribution in [0.3, 0.4) is 0 Å². The third-order valence-corrected chi connectivity index (χ3v) is 3.66. The van der Waals surface area contributed by atoms with Gasteiger partial charge in [0.05, 0.1) is 22.4 Å². The summed E-state index contributed by atoms with van der Waals surface area (Å²) in [6.07, 6.45) is 1.59. The molecule has 100 valence electrons. The number of hydrogen-bond donors (Lipinski definition) is 1. The van der Waals surface area contributed by atoms with Crippen LogP contribution in [0.1, 0.15) is 0 Å². The first-order valence-electron chi connectivity index (χ1n) is 5.91. The van der Waals surface area contributed by atoms with Gasteiger partial charge in [0.1, 0.15) is 5.75 Å². The number of nitrogens with zero attached hydrogens (tertiary/aromatic N) is 1. The highest BCUT2D eigenvalue weighted by Crippen LogP contribution is 2.37. The zero-order valence-electron chi connectivity index (χ0n) is 10.3. The smallest absolute Gasteiger partial charge is 0.161 e. The first kappa shape index (κ1) is 13.2. The van der Waals surface area contributed by atoms with E-state index in [1.807, 2.05) is 30.3 Å². The Labute approximate surface area is 129 Å². The van der Waals surface area contributed by atoms with Gasteiger partial charge < -0.3 is 10.5 Å². The average Bonchev–Trinajstić information content (AvgIpc) is 2.44. The molecule has 2 aromatic carbocycles. The number of benzene rings is 2. The van der Waals surface area contributed by atoms with E-state index in [1.165, 1.54) is 0 Å². The molecule has 0 unspecified atom stereocenters. The summed E-state index contributed by atoms with van der Waals surface area (Å²) in [5, 5.41) is 1.37. The molecule has 0 atom stereocenters. The standard InChI is InChI=1S/C15H10BrClN2O/c16-9-5-6-13-10(7-9)15(12(18)8-19-13)20-14-4-2-1-3-11(14)17/h1-8H,18H2. The molecule has 0 aliphatic carbocycles. The Morgan fingerprint density at radius 2 is 1.95 bits per heavy atom. The number of rotatable bonds is 2. The fourth-order valence-corrected chi connectivity index (χ4v) is 2.44. The van der Waals surface area contributed by atoms with E-state index in [0.29, 0.717) is 22.2 Å². The maximum atomic E-state index is 6.12. The Morgan fingerprint density at radius 3 is 2.75 bits per heavy atom. The summed E-state index contributed by atoms with van der Waals surface area (Å²) < 4.78 is 6.82. The molecule has 0 saturated heterocycles. The SMILES string of the molecule is Nc1cnc2ccc(Br)cc2c1Oc1ccccc1Cl. The second-order valence-electron chi connectivity index (χ2n) is 4.24. The molecule has 2 N–H and O–H groups in total. The summed E-state index contributed by atoms with van der Waals surface area (Å²) in [4.78, 5) is 4.29. The molecule has 3 rings (SSSR count). The zero-order chi connectivity index (χ0) is 14.1. The monoisotopic (exact) mass is 348 g/mol. The molecule has 0 amide bonds. The zero-order valence-corrected chi connectivity index (χ0v) is 12.6. The van der Waals surface area contributed by atoms with Crippen LogP contribution in [0.5, 0.6) is 11.5 Å². The minimum absolute atomic E-state index is 0.468. The quantitative estimate of drug-likeness (QED) is 0.706. The maximum absolute atomic E-state index is 6.12. The molecule has 1 aromatic heterocycles. The number of nitrogen functional groups attached to an aromatic ring is 1. The molecule has 1 heterocycles. The molecule has 5 heteroatoms. The van der Waals surface area contributed by atoms with Crippen LogP contribution in [0.4, 0.5) is 5.69 Å². The lowest BCUT2D eigenvalue weighted by Crippen LogP contribution is -1.95. The van der Waals surface area contributed by atoms with Crippen molar-refractivity contribution in [3.8, 4) is 11.5 Å². The van der Waals surface area contributed by atoms with E-state index >= 15 is 0 Å². The van der Waals surface area contributed by atoms with Crippen molar-refractivity contribution in [3.05, 3.63) is 58.2 Å². The van der Waals surface area contributed by atoms with Crippen LogP contribution in [0.15, 0.2) is 53.1 Å². The molecular formula is C15H10BrClN2O. The Kier molecular flexibility index (Phi) is 3.51. The summed E-state index contributed by atoms with van der Waals surface area (Å²) in [5.41, 5.74) is 7.27. The second-order valence-corrected chi connectivity index (χ2v) is 5.56. The molecule has 0 aliphatic heterocycles. The maximum Gasteiger partial charge on any atom is 0.161 e. The lowest BCUT2D eigenvalue weighted by molar-refractivity contribution is 0.490. The highest BCUT2D eigenvalue weighted by Gasteiger charge is 2.11. The number of halogens is 2. The number of pyridine rings is 1. The van der Waals surface area contributed by atoms with E-state index in [9.17, 15) is 0 Å². The Hall–Kier alpha value is -1.78. The van der Waals surface area contributed by atoms with Gasteiger partial charge in [0, 0.05) is 9.86 Å². The summed E-state index contributed by atoms with van der Waals surface area (Å²) in [6, 6.07) is 13.0. The van der Waals surface area contributed by atoms with Crippen LogP contribution in [0.2, 0.25) is 5.02 Å². The van der Waals surface area contributed by atoms with Crippen LogP contribution < -0.4 is 10.5 Å². The first-order valence-corrected chi connectivity index (χ1v) is 7.08. The van der Waals surface area contributed by atoms with Gasteiger partial charge in [0.15, 0.2) is 5.75 Å². The largest absolute Gasteiger partial charge is 0.453 e. The number of hydrogen-bond acceptors (Lipinski definition) is 3.